The van der Waals surface area contributed by atoms with Gasteiger partial charge in [-0.3, -0.25) is 19.0 Å². The second kappa shape index (κ2) is 8.14. The number of carbonyl (C=O) groups is 2. The maximum absolute atomic E-state index is 13.2. The largest absolute Gasteiger partial charge is 0.360 e. The SMILES string of the molecule is Cc1ccccc1NC(=O)c1sc2ncn(CC(=O)c3c[nH]c4ccccc34)c(=O)c2c1C. The van der Waals surface area contributed by atoms with Crippen molar-refractivity contribution in [2.75, 3.05) is 5.32 Å². The molecule has 0 unspecified atom stereocenters. The molecule has 0 aliphatic rings. The molecule has 0 spiro atoms. The van der Waals surface area contributed by atoms with E-state index in [0.717, 1.165) is 16.5 Å². The number of aryl methyl sites for hydroxylation is 2. The van der Waals surface area contributed by atoms with Gasteiger partial charge in [-0.05, 0) is 37.1 Å². The molecule has 0 bridgehead atoms. The number of amides is 1. The number of benzene rings is 2. The lowest BCUT2D eigenvalue weighted by atomic mass is 10.1. The minimum atomic E-state index is -0.336. The van der Waals surface area contributed by atoms with Crippen LogP contribution in [0.4, 0.5) is 5.69 Å². The molecule has 7 nitrogen and oxygen atoms in total. The number of para-hydroxylation sites is 2. The molecular formula is C25H20N4O3S. The summed E-state index contributed by atoms with van der Waals surface area (Å²) in [6.07, 6.45) is 3.03. The molecule has 3 heterocycles. The van der Waals surface area contributed by atoms with Crippen LogP contribution in [-0.2, 0) is 6.54 Å². The van der Waals surface area contributed by atoms with Crippen molar-refractivity contribution in [3.05, 3.63) is 93.0 Å². The third kappa shape index (κ3) is 3.64. The fraction of sp³-hybridized carbons (Fsp3) is 0.120. The fourth-order valence-electron chi connectivity index (χ4n) is 3.92. The lowest BCUT2D eigenvalue weighted by Crippen LogP contribution is -2.24. The Bertz CT molecular complexity index is 1610. The van der Waals surface area contributed by atoms with E-state index in [1.165, 1.54) is 22.2 Å². The van der Waals surface area contributed by atoms with Gasteiger partial charge in [0.05, 0.1) is 23.1 Å². The Hall–Kier alpha value is -4.04. The van der Waals surface area contributed by atoms with Crippen molar-refractivity contribution in [3.63, 3.8) is 0 Å². The molecule has 0 saturated heterocycles. The second-order valence-corrected chi connectivity index (χ2v) is 8.85. The molecule has 0 fully saturated rings. The summed E-state index contributed by atoms with van der Waals surface area (Å²) < 4.78 is 1.30. The van der Waals surface area contributed by atoms with Crippen LogP contribution in [-0.4, -0.2) is 26.2 Å². The normalized spacial score (nSPS) is 11.2. The second-order valence-electron chi connectivity index (χ2n) is 7.85. The zero-order valence-corrected chi connectivity index (χ0v) is 18.8. The van der Waals surface area contributed by atoms with Gasteiger partial charge >= 0.3 is 0 Å². The number of aromatic amines is 1. The van der Waals surface area contributed by atoms with Crippen LogP contribution in [0.25, 0.3) is 21.1 Å². The molecule has 0 aliphatic heterocycles. The first-order chi connectivity index (χ1) is 15.9. The zero-order valence-electron chi connectivity index (χ0n) is 18.0. The van der Waals surface area contributed by atoms with Crippen molar-refractivity contribution in [3.8, 4) is 0 Å². The molecule has 0 radical (unpaired) electrons. The fourth-order valence-corrected chi connectivity index (χ4v) is 4.96. The van der Waals surface area contributed by atoms with Crippen molar-refractivity contribution in [2.24, 2.45) is 0 Å². The van der Waals surface area contributed by atoms with E-state index in [-0.39, 0.29) is 23.8 Å². The standard InChI is InChI=1S/C25H20N4O3S/c1-14-7-3-5-9-18(14)28-23(31)22-15(2)21-24(33-22)27-13-29(25(21)32)12-20(30)17-11-26-19-10-6-4-8-16(17)19/h3-11,13,26H,12H2,1-2H3,(H,28,31). The number of aromatic nitrogens is 3. The van der Waals surface area contributed by atoms with Crippen LogP contribution in [0.1, 0.15) is 31.2 Å². The molecular weight excluding hydrogens is 436 g/mol. The van der Waals surface area contributed by atoms with Crippen LogP contribution in [0.3, 0.4) is 0 Å². The Kier molecular flexibility index (Phi) is 5.14. The van der Waals surface area contributed by atoms with Gasteiger partial charge in [0.25, 0.3) is 11.5 Å². The molecule has 3 aromatic heterocycles. The van der Waals surface area contributed by atoms with E-state index in [1.807, 2.05) is 55.5 Å². The maximum Gasteiger partial charge on any atom is 0.266 e. The van der Waals surface area contributed by atoms with Gasteiger partial charge in [-0.15, -0.1) is 11.3 Å². The Morgan fingerprint density at radius 1 is 1.09 bits per heavy atom. The average molecular weight is 457 g/mol. The van der Waals surface area contributed by atoms with E-state index in [4.69, 9.17) is 0 Å². The number of carbonyl (C=O) groups excluding carboxylic acids is 2. The summed E-state index contributed by atoms with van der Waals surface area (Å²) in [6, 6.07) is 15.0. The van der Waals surface area contributed by atoms with Crippen molar-refractivity contribution in [1.82, 2.24) is 14.5 Å². The predicted molar refractivity (Wildman–Crippen MR) is 130 cm³/mol. The average Bonchev–Trinajstić information content (AvgIpc) is 3.39. The van der Waals surface area contributed by atoms with Crippen LogP contribution < -0.4 is 10.9 Å². The highest BCUT2D eigenvalue weighted by molar-refractivity contribution is 7.20. The van der Waals surface area contributed by atoms with Gasteiger partial charge in [-0.2, -0.15) is 0 Å². The lowest BCUT2D eigenvalue weighted by molar-refractivity contribution is 0.0971. The van der Waals surface area contributed by atoms with E-state index in [1.54, 1.807) is 13.1 Å². The van der Waals surface area contributed by atoms with Gasteiger partial charge in [0.1, 0.15) is 4.83 Å². The molecule has 5 rings (SSSR count). The lowest BCUT2D eigenvalue weighted by Gasteiger charge is -2.07. The minimum Gasteiger partial charge on any atom is -0.360 e. The molecule has 2 aromatic carbocycles. The summed E-state index contributed by atoms with van der Waals surface area (Å²) in [5, 5.41) is 4.08. The van der Waals surface area contributed by atoms with Gasteiger partial charge in [-0.1, -0.05) is 36.4 Å². The number of thiophene rings is 1. The zero-order chi connectivity index (χ0) is 23.1. The summed E-state index contributed by atoms with van der Waals surface area (Å²) >= 11 is 1.17. The molecule has 8 heteroatoms. The predicted octanol–water partition coefficient (Wildman–Crippen LogP) is 4.69. The minimum absolute atomic E-state index is 0.135. The molecule has 5 aromatic rings. The number of H-pyrrole nitrogens is 1. The van der Waals surface area contributed by atoms with Crippen LogP contribution in [0.5, 0.6) is 0 Å². The number of anilines is 1. The first-order valence-corrected chi connectivity index (χ1v) is 11.2. The number of nitrogens with zero attached hydrogens (tertiary/aromatic N) is 2. The van der Waals surface area contributed by atoms with E-state index in [2.05, 4.69) is 15.3 Å². The van der Waals surface area contributed by atoms with Crippen LogP contribution in [0, 0.1) is 13.8 Å². The summed E-state index contributed by atoms with van der Waals surface area (Å²) in [6.45, 7) is 3.52. The number of nitrogens with one attached hydrogen (secondary N) is 2. The summed E-state index contributed by atoms with van der Waals surface area (Å²) in [5.41, 5.74) is 3.27. The molecule has 0 aliphatic carbocycles. The molecule has 0 atom stereocenters. The first kappa shape index (κ1) is 20.8. The van der Waals surface area contributed by atoms with E-state index < -0.39 is 0 Å². The summed E-state index contributed by atoms with van der Waals surface area (Å²) in [5.74, 6) is -0.480. The van der Waals surface area contributed by atoms with Crippen LogP contribution >= 0.6 is 11.3 Å². The van der Waals surface area contributed by atoms with Gasteiger partial charge in [0, 0.05) is 28.4 Å². The maximum atomic E-state index is 13.2. The monoisotopic (exact) mass is 456 g/mol. The highest BCUT2D eigenvalue weighted by atomic mass is 32.1. The van der Waals surface area contributed by atoms with Gasteiger partial charge in [0.2, 0.25) is 0 Å². The smallest absolute Gasteiger partial charge is 0.266 e. The summed E-state index contributed by atoms with van der Waals surface area (Å²) in [4.78, 5) is 47.4. The molecule has 33 heavy (non-hydrogen) atoms. The number of ketones is 1. The number of Topliss-reactive ketones (excluding diaryl/α,β-unsaturated/α-hetero) is 1. The topological polar surface area (TPSA) is 96.8 Å². The Morgan fingerprint density at radius 3 is 2.67 bits per heavy atom. The van der Waals surface area contributed by atoms with Crippen LogP contribution in [0.15, 0.2) is 65.8 Å². The van der Waals surface area contributed by atoms with Gasteiger partial charge < -0.3 is 10.3 Å². The number of rotatable bonds is 5. The number of hydrogen-bond acceptors (Lipinski definition) is 5. The third-order valence-electron chi connectivity index (χ3n) is 5.72. The Balaban J connectivity index is 1.47. The van der Waals surface area contributed by atoms with E-state index >= 15 is 0 Å². The third-order valence-corrected chi connectivity index (χ3v) is 6.92. The molecule has 164 valence electrons. The van der Waals surface area contributed by atoms with Crippen molar-refractivity contribution >= 4 is 49.8 Å². The number of hydrogen-bond donors (Lipinski definition) is 2. The quantitative estimate of drug-likeness (QED) is 0.375. The Morgan fingerprint density at radius 2 is 1.85 bits per heavy atom. The van der Waals surface area contributed by atoms with Crippen LogP contribution in [0.2, 0.25) is 0 Å². The molecule has 1 amide bonds. The van der Waals surface area contributed by atoms with Crippen molar-refractivity contribution < 1.29 is 9.59 Å². The highest BCUT2D eigenvalue weighted by Gasteiger charge is 2.21. The van der Waals surface area contributed by atoms with Crippen molar-refractivity contribution in [2.45, 2.75) is 20.4 Å². The van der Waals surface area contributed by atoms with E-state index in [9.17, 15) is 14.4 Å². The highest BCUT2D eigenvalue weighted by Crippen LogP contribution is 2.28. The van der Waals surface area contributed by atoms with Crippen molar-refractivity contribution in [1.29, 1.82) is 0 Å². The molecule has 0 saturated carbocycles. The molecule has 2 N–H and O–H groups in total. The van der Waals surface area contributed by atoms with Gasteiger partial charge in [0.15, 0.2) is 5.78 Å². The van der Waals surface area contributed by atoms with Gasteiger partial charge in [-0.25, -0.2) is 4.98 Å². The van der Waals surface area contributed by atoms with E-state index in [0.29, 0.717) is 31.9 Å². The number of fused-ring (bicyclic) bond motifs is 2. The Labute approximate surface area is 192 Å². The first-order valence-electron chi connectivity index (χ1n) is 10.4. The summed E-state index contributed by atoms with van der Waals surface area (Å²) in [7, 11) is 0.